The molecule has 0 saturated carbocycles. The SMILES string of the molecule is Cc1cccnc1Nc1nccnc1C1CCCN(Cc2ncc[nH]2)C1. The number of anilines is 2. The van der Waals surface area contributed by atoms with Crippen LogP contribution in [0.15, 0.2) is 43.1 Å². The first-order chi connectivity index (χ1) is 12.8. The summed E-state index contributed by atoms with van der Waals surface area (Å²) < 4.78 is 0. The van der Waals surface area contributed by atoms with Crippen LogP contribution in [0, 0.1) is 6.92 Å². The van der Waals surface area contributed by atoms with Crippen LogP contribution in [0.3, 0.4) is 0 Å². The molecule has 4 rings (SSSR count). The van der Waals surface area contributed by atoms with Gasteiger partial charge in [0.2, 0.25) is 0 Å². The van der Waals surface area contributed by atoms with E-state index in [1.54, 1.807) is 24.8 Å². The zero-order valence-electron chi connectivity index (χ0n) is 14.9. The lowest BCUT2D eigenvalue weighted by molar-refractivity contribution is 0.195. The number of likely N-dealkylation sites (tertiary alicyclic amines) is 1. The molecular formula is C19H23N7. The fraction of sp³-hybridized carbons (Fsp3) is 0.368. The normalized spacial score (nSPS) is 18.0. The van der Waals surface area contributed by atoms with Crippen molar-refractivity contribution in [2.45, 2.75) is 32.2 Å². The molecule has 1 saturated heterocycles. The van der Waals surface area contributed by atoms with E-state index < -0.39 is 0 Å². The highest BCUT2D eigenvalue weighted by Gasteiger charge is 2.25. The van der Waals surface area contributed by atoms with E-state index in [-0.39, 0.29) is 0 Å². The molecule has 0 aliphatic carbocycles. The van der Waals surface area contributed by atoms with E-state index in [0.29, 0.717) is 5.92 Å². The van der Waals surface area contributed by atoms with Gasteiger partial charge in [0.05, 0.1) is 12.2 Å². The third-order valence-corrected chi connectivity index (χ3v) is 4.79. The Balaban J connectivity index is 1.53. The Labute approximate surface area is 152 Å². The van der Waals surface area contributed by atoms with Crippen LogP contribution >= 0.6 is 0 Å². The lowest BCUT2D eigenvalue weighted by atomic mass is 9.94. The van der Waals surface area contributed by atoms with Gasteiger partial charge in [0, 0.05) is 43.4 Å². The van der Waals surface area contributed by atoms with E-state index in [9.17, 15) is 0 Å². The minimum atomic E-state index is 0.346. The summed E-state index contributed by atoms with van der Waals surface area (Å²) in [6, 6.07) is 3.98. The van der Waals surface area contributed by atoms with E-state index in [1.807, 2.05) is 25.3 Å². The van der Waals surface area contributed by atoms with E-state index in [4.69, 9.17) is 0 Å². The maximum Gasteiger partial charge on any atom is 0.153 e. The summed E-state index contributed by atoms with van der Waals surface area (Å²) in [4.78, 5) is 23.6. The first-order valence-electron chi connectivity index (χ1n) is 9.00. The largest absolute Gasteiger partial charge is 0.348 e. The second-order valence-electron chi connectivity index (χ2n) is 6.69. The van der Waals surface area contributed by atoms with Crippen LogP contribution in [-0.4, -0.2) is 42.9 Å². The molecular weight excluding hydrogens is 326 g/mol. The number of hydrogen-bond acceptors (Lipinski definition) is 6. The average molecular weight is 349 g/mol. The van der Waals surface area contributed by atoms with Crippen LogP contribution in [0.5, 0.6) is 0 Å². The number of imidazole rings is 1. The van der Waals surface area contributed by atoms with E-state index in [1.165, 1.54) is 0 Å². The summed E-state index contributed by atoms with van der Waals surface area (Å²) in [7, 11) is 0. The zero-order valence-corrected chi connectivity index (χ0v) is 14.9. The molecule has 1 aliphatic rings. The van der Waals surface area contributed by atoms with Crippen molar-refractivity contribution in [2.75, 3.05) is 18.4 Å². The molecule has 0 aromatic carbocycles. The average Bonchev–Trinajstić information content (AvgIpc) is 3.17. The summed E-state index contributed by atoms with van der Waals surface area (Å²) in [5.41, 5.74) is 2.11. The van der Waals surface area contributed by atoms with Gasteiger partial charge >= 0.3 is 0 Å². The Morgan fingerprint density at radius 2 is 2.00 bits per heavy atom. The molecule has 26 heavy (non-hydrogen) atoms. The standard InChI is InChI=1S/C19H23N7/c1-14-4-2-6-23-18(14)25-19-17(22-9-10-24-19)15-5-3-11-26(12-15)13-16-20-7-8-21-16/h2,4,6-10,15H,3,5,11-13H2,1H3,(H,20,21)(H,23,24,25). The van der Waals surface area contributed by atoms with Crippen molar-refractivity contribution in [2.24, 2.45) is 0 Å². The van der Waals surface area contributed by atoms with Crippen molar-refractivity contribution in [1.29, 1.82) is 0 Å². The van der Waals surface area contributed by atoms with Gasteiger partial charge in [-0.15, -0.1) is 0 Å². The summed E-state index contributed by atoms with van der Waals surface area (Å²) in [5, 5.41) is 3.38. The van der Waals surface area contributed by atoms with Crippen molar-refractivity contribution in [3.63, 3.8) is 0 Å². The van der Waals surface area contributed by atoms with Gasteiger partial charge in [-0.2, -0.15) is 0 Å². The zero-order chi connectivity index (χ0) is 17.8. The summed E-state index contributed by atoms with van der Waals surface area (Å²) in [6.07, 6.45) is 11.2. The number of nitrogens with zero attached hydrogens (tertiary/aromatic N) is 5. The molecule has 1 unspecified atom stereocenters. The molecule has 2 N–H and O–H groups in total. The molecule has 7 nitrogen and oxygen atoms in total. The Hall–Kier alpha value is -2.80. The van der Waals surface area contributed by atoms with Crippen LogP contribution in [0.4, 0.5) is 11.6 Å². The fourth-order valence-electron chi connectivity index (χ4n) is 3.49. The van der Waals surface area contributed by atoms with Gasteiger partial charge in [-0.1, -0.05) is 6.07 Å². The highest BCUT2D eigenvalue weighted by molar-refractivity contribution is 5.57. The highest BCUT2D eigenvalue weighted by Crippen LogP contribution is 2.31. The predicted octanol–water partition coefficient (Wildman–Crippen LogP) is 3.03. The van der Waals surface area contributed by atoms with Gasteiger partial charge < -0.3 is 10.3 Å². The first-order valence-corrected chi connectivity index (χ1v) is 9.00. The van der Waals surface area contributed by atoms with Crippen molar-refractivity contribution in [3.8, 4) is 0 Å². The lowest BCUT2D eigenvalue weighted by Gasteiger charge is -2.32. The molecule has 3 aromatic rings. The molecule has 0 radical (unpaired) electrons. The van der Waals surface area contributed by atoms with Crippen molar-refractivity contribution in [3.05, 3.63) is 60.2 Å². The number of rotatable bonds is 5. The highest BCUT2D eigenvalue weighted by atomic mass is 15.2. The van der Waals surface area contributed by atoms with Gasteiger partial charge in [-0.3, -0.25) is 9.88 Å². The number of aromatic amines is 1. The second kappa shape index (κ2) is 7.61. The lowest BCUT2D eigenvalue weighted by Crippen LogP contribution is -2.34. The van der Waals surface area contributed by atoms with Gasteiger partial charge in [0.25, 0.3) is 0 Å². The number of aromatic nitrogens is 5. The van der Waals surface area contributed by atoms with Crippen molar-refractivity contribution < 1.29 is 0 Å². The van der Waals surface area contributed by atoms with E-state index in [0.717, 1.165) is 61.2 Å². The van der Waals surface area contributed by atoms with E-state index in [2.05, 4.69) is 35.1 Å². The topological polar surface area (TPSA) is 82.6 Å². The molecule has 1 atom stereocenters. The molecule has 0 spiro atoms. The molecule has 3 aromatic heterocycles. The second-order valence-corrected chi connectivity index (χ2v) is 6.69. The molecule has 7 heteroatoms. The van der Waals surface area contributed by atoms with E-state index >= 15 is 0 Å². The van der Waals surface area contributed by atoms with Gasteiger partial charge in [-0.05, 0) is 37.9 Å². The number of aryl methyl sites for hydroxylation is 1. The minimum Gasteiger partial charge on any atom is -0.348 e. The Morgan fingerprint density at radius 3 is 2.85 bits per heavy atom. The van der Waals surface area contributed by atoms with Gasteiger partial charge in [-0.25, -0.2) is 15.0 Å². The third-order valence-electron chi connectivity index (χ3n) is 4.79. The summed E-state index contributed by atoms with van der Waals surface area (Å²) >= 11 is 0. The molecule has 0 amide bonds. The first kappa shape index (κ1) is 16.7. The Morgan fingerprint density at radius 1 is 1.12 bits per heavy atom. The molecule has 1 aliphatic heterocycles. The summed E-state index contributed by atoms with van der Waals surface area (Å²) in [6.45, 7) is 4.91. The van der Waals surface area contributed by atoms with Crippen LogP contribution < -0.4 is 5.32 Å². The molecule has 4 heterocycles. The number of H-pyrrole nitrogens is 1. The monoisotopic (exact) mass is 349 g/mol. The quantitative estimate of drug-likeness (QED) is 0.737. The molecule has 0 bridgehead atoms. The van der Waals surface area contributed by atoms with Crippen LogP contribution in [0.2, 0.25) is 0 Å². The Kier molecular flexibility index (Phi) is 4.88. The third kappa shape index (κ3) is 3.72. The van der Waals surface area contributed by atoms with Crippen molar-refractivity contribution in [1.82, 2.24) is 29.8 Å². The summed E-state index contributed by atoms with van der Waals surface area (Å²) in [5.74, 6) is 2.99. The van der Waals surface area contributed by atoms with Crippen molar-refractivity contribution >= 4 is 11.6 Å². The maximum absolute atomic E-state index is 4.66. The number of nitrogens with one attached hydrogen (secondary N) is 2. The van der Waals surface area contributed by atoms with Crippen LogP contribution in [0.25, 0.3) is 0 Å². The van der Waals surface area contributed by atoms with Gasteiger partial charge in [0.1, 0.15) is 11.6 Å². The number of pyridine rings is 1. The molecule has 1 fully saturated rings. The fourth-order valence-corrected chi connectivity index (χ4v) is 3.49. The number of hydrogen-bond donors (Lipinski definition) is 2. The maximum atomic E-state index is 4.66. The minimum absolute atomic E-state index is 0.346. The smallest absolute Gasteiger partial charge is 0.153 e. The molecule has 134 valence electrons. The number of piperidine rings is 1. The van der Waals surface area contributed by atoms with Gasteiger partial charge in [0.15, 0.2) is 5.82 Å². The van der Waals surface area contributed by atoms with Crippen LogP contribution in [0.1, 0.15) is 35.8 Å². The predicted molar refractivity (Wildman–Crippen MR) is 100 cm³/mol. The Bertz CT molecular complexity index is 847. The van der Waals surface area contributed by atoms with Crippen LogP contribution in [-0.2, 0) is 6.54 Å².